The number of rotatable bonds is 4. The topological polar surface area (TPSA) is 122 Å². The zero-order chi connectivity index (χ0) is 26.4. The Morgan fingerprint density at radius 1 is 1.17 bits per heavy atom. The number of hydrogen-bond donors (Lipinski definition) is 1. The van der Waals surface area contributed by atoms with Gasteiger partial charge in [0.25, 0.3) is 0 Å². The maximum atomic E-state index is 13.2. The number of carbonyl (C=O) groups excluding carboxylic acids is 1. The third kappa shape index (κ3) is 4.73. The Hall–Kier alpha value is -3.29. The van der Waals surface area contributed by atoms with Crippen molar-refractivity contribution in [2.45, 2.75) is 57.1 Å². The van der Waals surface area contributed by atoms with E-state index in [-0.39, 0.29) is 35.5 Å². The predicted octanol–water partition coefficient (Wildman–Crippen LogP) is 3.78. The van der Waals surface area contributed by atoms with E-state index in [0.29, 0.717) is 43.6 Å². The number of carbonyl (C=O) groups is 2. The summed E-state index contributed by atoms with van der Waals surface area (Å²) >= 11 is 0. The first-order valence-electron chi connectivity index (χ1n) is 11.3. The van der Waals surface area contributed by atoms with Crippen LogP contribution in [0.3, 0.4) is 0 Å². The molecule has 2 aliphatic heterocycles. The van der Waals surface area contributed by atoms with Gasteiger partial charge in [0, 0.05) is 48.9 Å². The number of piperidine rings is 1. The zero-order valence-corrected chi connectivity index (χ0v) is 20.3. The van der Waals surface area contributed by atoms with Crippen molar-refractivity contribution in [1.29, 1.82) is 0 Å². The minimum atomic E-state index is -5.99. The first-order chi connectivity index (χ1) is 16.8. The molecule has 0 aliphatic carbocycles. The maximum absolute atomic E-state index is 13.2. The Morgan fingerprint density at radius 2 is 1.83 bits per heavy atom. The molecule has 2 aliphatic rings. The highest BCUT2D eigenvalue weighted by molar-refractivity contribution is 7.88. The van der Waals surface area contributed by atoms with Crippen LogP contribution in [0.2, 0.25) is 0 Å². The number of alkyl halides is 3. The van der Waals surface area contributed by atoms with Crippen molar-refractivity contribution >= 4 is 27.8 Å². The number of likely N-dealkylation sites (tertiary alicyclic amines) is 1. The van der Waals surface area contributed by atoms with E-state index in [9.17, 15) is 31.2 Å². The molecule has 36 heavy (non-hydrogen) atoms. The number of anilines is 1. The Kier molecular flexibility index (Phi) is 6.66. The smallest absolute Gasteiger partial charge is 0.465 e. The molecule has 1 aromatic heterocycles. The van der Waals surface area contributed by atoms with Gasteiger partial charge in [-0.2, -0.15) is 26.7 Å². The molecule has 1 N–H and O–H groups in total. The zero-order valence-electron chi connectivity index (χ0n) is 19.5. The molecule has 0 unspecified atom stereocenters. The summed E-state index contributed by atoms with van der Waals surface area (Å²) in [5.74, 6) is -0.815. The van der Waals surface area contributed by atoms with Crippen molar-refractivity contribution < 1.29 is 40.5 Å². The Morgan fingerprint density at radius 3 is 2.42 bits per heavy atom. The summed E-state index contributed by atoms with van der Waals surface area (Å²) in [5.41, 5.74) is -4.73. The van der Waals surface area contributed by atoms with Crippen molar-refractivity contribution in [1.82, 2.24) is 14.7 Å². The van der Waals surface area contributed by atoms with E-state index in [2.05, 4.69) is 5.10 Å². The van der Waals surface area contributed by atoms with E-state index in [0.717, 1.165) is 0 Å². The van der Waals surface area contributed by atoms with Crippen LogP contribution < -0.4 is 9.08 Å². The molecule has 10 nitrogen and oxygen atoms in total. The van der Waals surface area contributed by atoms with E-state index in [1.807, 2.05) is 0 Å². The van der Waals surface area contributed by atoms with Gasteiger partial charge >= 0.3 is 21.7 Å². The van der Waals surface area contributed by atoms with Crippen LogP contribution >= 0.6 is 0 Å². The standard InChI is InChI=1S/C22H25F3N4O6S/c1-13-3-4-18-19(29(13)14(2)30)6-5-17(20(18)35-36(33,34)22(23,24)25)15-11-26-28(12-15)16-7-9-27(10-8-16)21(31)32/h5-6,11-13,16H,3-4,7-10H2,1-2H3,(H,31,32)/t13-/m0/s1. The third-order valence-electron chi connectivity index (χ3n) is 6.59. The summed E-state index contributed by atoms with van der Waals surface area (Å²) in [6.45, 7) is 3.74. The number of benzene rings is 1. The first kappa shape index (κ1) is 25.8. The lowest BCUT2D eigenvalue weighted by Crippen LogP contribution is -2.41. The van der Waals surface area contributed by atoms with Gasteiger partial charge in [0.1, 0.15) is 0 Å². The first-order valence-corrected chi connectivity index (χ1v) is 12.7. The van der Waals surface area contributed by atoms with Gasteiger partial charge in [-0.05, 0) is 44.7 Å². The maximum Gasteiger partial charge on any atom is 0.534 e. The van der Waals surface area contributed by atoms with E-state index in [1.54, 1.807) is 23.9 Å². The molecule has 14 heteroatoms. The van der Waals surface area contributed by atoms with Crippen LogP contribution in [0.4, 0.5) is 23.7 Å². The van der Waals surface area contributed by atoms with Gasteiger partial charge in [0.15, 0.2) is 5.75 Å². The fraction of sp³-hybridized carbons (Fsp3) is 0.500. The van der Waals surface area contributed by atoms with Crippen LogP contribution in [0.15, 0.2) is 24.5 Å². The number of amides is 2. The lowest BCUT2D eigenvalue weighted by molar-refractivity contribution is -0.117. The summed E-state index contributed by atoms with van der Waals surface area (Å²) in [7, 11) is -5.99. The summed E-state index contributed by atoms with van der Waals surface area (Å²) in [6, 6.07) is 2.62. The number of halogens is 3. The highest BCUT2D eigenvalue weighted by atomic mass is 32.2. The van der Waals surface area contributed by atoms with Crippen LogP contribution in [0.5, 0.6) is 5.75 Å². The van der Waals surface area contributed by atoms with Crippen molar-refractivity contribution in [2.75, 3.05) is 18.0 Å². The molecule has 1 saturated heterocycles. The molecule has 1 fully saturated rings. The molecular formula is C22H25F3N4O6S. The Labute approximate surface area is 205 Å². The number of carboxylic acid groups (broad SMARTS) is 1. The Bertz CT molecular complexity index is 1290. The molecule has 2 aromatic rings. The predicted molar refractivity (Wildman–Crippen MR) is 122 cm³/mol. The lowest BCUT2D eigenvalue weighted by Gasteiger charge is -2.35. The fourth-order valence-electron chi connectivity index (χ4n) is 4.76. The van der Waals surface area contributed by atoms with Gasteiger partial charge < -0.3 is 19.1 Å². The number of aromatic nitrogens is 2. The van der Waals surface area contributed by atoms with Gasteiger partial charge in [-0.1, -0.05) is 0 Å². The minimum Gasteiger partial charge on any atom is -0.465 e. The summed E-state index contributed by atoms with van der Waals surface area (Å²) in [4.78, 5) is 26.1. The van der Waals surface area contributed by atoms with Crippen LogP contribution in [0.1, 0.15) is 44.7 Å². The van der Waals surface area contributed by atoms with Crippen molar-refractivity contribution in [3.63, 3.8) is 0 Å². The van der Waals surface area contributed by atoms with Crippen molar-refractivity contribution in [3.05, 3.63) is 30.1 Å². The lowest BCUT2D eigenvalue weighted by atomic mass is 9.92. The number of nitrogens with zero attached hydrogens (tertiary/aromatic N) is 4. The number of fused-ring (bicyclic) bond motifs is 1. The molecule has 1 aromatic carbocycles. The second-order valence-corrected chi connectivity index (χ2v) is 10.4. The summed E-state index contributed by atoms with van der Waals surface area (Å²) in [5, 5.41) is 13.4. The van der Waals surface area contributed by atoms with Gasteiger partial charge in [0.05, 0.1) is 17.9 Å². The largest absolute Gasteiger partial charge is 0.534 e. The third-order valence-corrected chi connectivity index (χ3v) is 7.54. The molecular weight excluding hydrogens is 505 g/mol. The van der Waals surface area contributed by atoms with E-state index in [4.69, 9.17) is 9.29 Å². The van der Waals surface area contributed by atoms with Gasteiger partial charge in [-0.25, -0.2) is 4.79 Å². The highest BCUT2D eigenvalue weighted by Crippen LogP contribution is 2.45. The molecule has 196 valence electrons. The average molecular weight is 531 g/mol. The normalized spacial score (nSPS) is 19.2. The van der Waals surface area contributed by atoms with Gasteiger partial charge in [0.2, 0.25) is 5.91 Å². The Balaban J connectivity index is 1.76. The van der Waals surface area contributed by atoms with Crippen LogP contribution in [0.25, 0.3) is 11.1 Å². The second kappa shape index (κ2) is 9.30. The minimum absolute atomic E-state index is 0.0915. The monoisotopic (exact) mass is 530 g/mol. The number of hydrogen-bond acceptors (Lipinski definition) is 6. The molecule has 0 spiro atoms. The van der Waals surface area contributed by atoms with E-state index >= 15 is 0 Å². The quantitative estimate of drug-likeness (QED) is 0.472. The van der Waals surface area contributed by atoms with E-state index < -0.39 is 27.5 Å². The second-order valence-electron chi connectivity index (χ2n) is 8.91. The van der Waals surface area contributed by atoms with Crippen LogP contribution in [0, 0.1) is 0 Å². The molecule has 0 bridgehead atoms. The van der Waals surface area contributed by atoms with Crippen LogP contribution in [-0.4, -0.2) is 64.8 Å². The molecule has 0 saturated carbocycles. The molecule has 3 heterocycles. The highest BCUT2D eigenvalue weighted by Gasteiger charge is 2.49. The SMILES string of the molecule is CC(=O)N1c2ccc(-c3cnn(C4CCN(C(=O)O)CC4)c3)c(OS(=O)(=O)C(F)(F)F)c2CC[C@@H]1C. The molecule has 4 rings (SSSR count). The molecule has 1 atom stereocenters. The summed E-state index contributed by atoms with van der Waals surface area (Å²) in [6.07, 6.45) is 3.56. The van der Waals surface area contributed by atoms with Crippen molar-refractivity contribution in [2.24, 2.45) is 0 Å². The van der Waals surface area contributed by atoms with Gasteiger partial charge in [-0.3, -0.25) is 9.48 Å². The average Bonchev–Trinajstić information content (AvgIpc) is 3.28. The fourth-order valence-corrected chi connectivity index (χ4v) is 5.27. The van der Waals surface area contributed by atoms with E-state index in [1.165, 1.54) is 29.0 Å². The van der Waals surface area contributed by atoms with Crippen LogP contribution in [-0.2, 0) is 21.3 Å². The molecule has 0 radical (unpaired) electrons. The molecule has 2 amide bonds. The van der Waals surface area contributed by atoms with Crippen molar-refractivity contribution in [3.8, 4) is 16.9 Å². The summed E-state index contributed by atoms with van der Waals surface area (Å²) < 4.78 is 70.1. The van der Waals surface area contributed by atoms with Gasteiger partial charge in [-0.15, -0.1) is 0 Å².